The molecule has 1 saturated heterocycles. The topological polar surface area (TPSA) is 60.9 Å². The molecule has 1 heterocycles. The maximum atomic E-state index is 12.4. The normalized spacial score (nSPS) is 18.7. The molecule has 0 radical (unpaired) electrons. The standard InChI is InChI=1S/C15H20N2O3/c1-16(2)12-8-6-11(7-9-12)14(18)17-10-4-3-5-13(17)15(19)20/h6-9,13H,3-5,10H2,1-2H3,(H,19,20). The Labute approximate surface area is 118 Å². The molecule has 0 aromatic heterocycles. The van der Waals surface area contributed by atoms with Crippen molar-refractivity contribution in [1.29, 1.82) is 0 Å². The Morgan fingerprint density at radius 2 is 1.85 bits per heavy atom. The van der Waals surface area contributed by atoms with Gasteiger partial charge in [-0.2, -0.15) is 0 Å². The van der Waals surface area contributed by atoms with E-state index in [1.165, 1.54) is 4.90 Å². The minimum atomic E-state index is -0.914. The van der Waals surface area contributed by atoms with Gasteiger partial charge in [-0.25, -0.2) is 4.79 Å². The molecular formula is C15H20N2O3. The van der Waals surface area contributed by atoms with Crippen molar-refractivity contribution in [3.05, 3.63) is 29.8 Å². The van der Waals surface area contributed by atoms with Crippen LogP contribution in [-0.2, 0) is 4.79 Å². The fraction of sp³-hybridized carbons (Fsp3) is 0.467. The Bertz CT molecular complexity index is 496. The first-order valence-electron chi connectivity index (χ1n) is 6.82. The zero-order chi connectivity index (χ0) is 14.7. The van der Waals surface area contributed by atoms with E-state index in [4.69, 9.17) is 0 Å². The van der Waals surface area contributed by atoms with E-state index in [1.54, 1.807) is 12.1 Å². The van der Waals surface area contributed by atoms with Crippen molar-refractivity contribution in [2.45, 2.75) is 25.3 Å². The summed E-state index contributed by atoms with van der Waals surface area (Å²) in [4.78, 5) is 27.1. The number of carbonyl (C=O) groups excluding carboxylic acids is 1. The van der Waals surface area contributed by atoms with Gasteiger partial charge in [0, 0.05) is 31.9 Å². The molecule has 5 nitrogen and oxygen atoms in total. The van der Waals surface area contributed by atoms with E-state index in [0.717, 1.165) is 18.5 Å². The van der Waals surface area contributed by atoms with Crippen LogP contribution in [0.4, 0.5) is 5.69 Å². The van der Waals surface area contributed by atoms with Crippen molar-refractivity contribution in [2.75, 3.05) is 25.5 Å². The number of nitrogens with zero attached hydrogens (tertiary/aromatic N) is 2. The third-order valence-corrected chi connectivity index (χ3v) is 3.68. The Hall–Kier alpha value is -2.04. The summed E-state index contributed by atoms with van der Waals surface area (Å²) in [6.07, 6.45) is 2.27. The number of benzene rings is 1. The van der Waals surface area contributed by atoms with Gasteiger partial charge in [0.05, 0.1) is 0 Å². The molecule has 20 heavy (non-hydrogen) atoms. The van der Waals surface area contributed by atoms with Crippen LogP contribution in [-0.4, -0.2) is 48.6 Å². The van der Waals surface area contributed by atoms with Gasteiger partial charge in [0.1, 0.15) is 6.04 Å². The molecule has 5 heteroatoms. The smallest absolute Gasteiger partial charge is 0.326 e. The van der Waals surface area contributed by atoms with Crippen LogP contribution in [0.25, 0.3) is 0 Å². The van der Waals surface area contributed by atoms with Crippen molar-refractivity contribution < 1.29 is 14.7 Å². The molecule has 0 spiro atoms. The Morgan fingerprint density at radius 1 is 1.20 bits per heavy atom. The van der Waals surface area contributed by atoms with Gasteiger partial charge in [0.15, 0.2) is 0 Å². The third kappa shape index (κ3) is 2.92. The second-order valence-corrected chi connectivity index (χ2v) is 5.29. The summed E-state index contributed by atoms with van der Waals surface area (Å²) < 4.78 is 0. The first kappa shape index (κ1) is 14.4. The lowest BCUT2D eigenvalue weighted by molar-refractivity contribution is -0.143. The molecule has 0 saturated carbocycles. The molecule has 1 aromatic carbocycles. The fourth-order valence-electron chi connectivity index (χ4n) is 2.50. The monoisotopic (exact) mass is 276 g/mol. The summed E-state index contributed by atoms with van der Waals surface area (Å²) in [5.74, 6) is -1.11. The van der Waals surface area contributed by atoms with E-state index in [9.17, 15) is 14.7 Å². The molecule has 1 unspecified atom stereocenters. The summed E-state index contributed by atoms with van der Waals surface area (Å²) >= 11 is 0. The van der Waals surface area contributed by atoms with Crippen LogP contribution in [0, 0.1) is 0 Å². The second-order valence-electron chi connectivity index (χ2n) is 5.29. The van der Waals surface area contributed by atoms with E-state index in [2.05, 4.69) is 0 Å². The van der Waals surface area contributed by atoms with Gasteiger partial charge < -0.3 is 14.9 Å². The number of carboxylic acids is 1. The molecule has 2 rings (SSSR count). The fourth-order valence-corrected chi connectivity index (χ4v) is 2.50. The lowest BCUT2D eigenvalue weighted by atomic mass is 10.0. The summed E-state index contributed by atoms with van der Waals surface area (Å²) in [5, 5.41) is 9.22. The van der Waals surface area contributed by atoms with E-state index >= 15 is 0 Å². The highest BCUT2D eigenvalue weighted by atomic mass is 16.4. The quantitative estimate of drug-likeness (QED) is 0.915. The van der Waals surface area contributed by atoms with Crippen LogP contribution in [0.15, 0.2) is 24.3 Å². The number of carbonyl (C=O) groups is 2. The van der Waals surface area contributed by atoms with E-state index in [1.807, 2.05) is 31.1 Å². The molecule has 108 valence electrons. The predicted molar refractivity (Wildman–Crippen MR) is 77.1 cm³/mol. The average Bonchev–Trinajstić information content (AvgIpc) is 2.46. The van der Waals surface area contributed by atoms with Crippen molar-refractivity contribution in [2.24, 2.45) is 0 Å². The predicted octanol–water partition coefficient (Wildman–Crippen LogP) is 1.83. The molecule has 0 aliphatic carbocycles. The van der Waals surface area contributed by atoms with E-state index < -0.39 is 12.0 Å². The molecule has 1 aromatic rings. The van der Waals surface area contributed by atoms with Gasteiger partial charge in [-0.3, -0.25) is 4.79 Å². The summed E-state index contributed by atoms with van der Waals surface area (Å²) in [6.45, 7) is 0.519. The second kappa shape index (κ2) is 5.94. The minimum absolute atomic E-state index is 0.192. The minimum Gasteiger partial charge on any atom is -0.480 e. The molecule has 1 amide bonds. The molecule has 1 N–H and O–H groups in total. The van der Waals surface area contributed by atoms with Crippen molar-refractivity contribution in [1.82, 2.24) is 4.90 Å². The van der Waals surface area contributed by atoms with Crippen LogP contribution in [0.5, 0.6) is 0 Å². The molecule has 1 aliphatic rings. The maximum Gasteiger partial charge on any atom is 0.326 e. The van der Waals surface area contributed by atoms with E-state index in [0.29, 0.717) is 18.5 Å². The Morgan fingerprint density at radius 3 is 2.40 bits per heavy atom. The highest BCUT2D eigenvalue weighted by Crippen LogP contribution is 2.21. The summed E-state index contributed by atoms with van der Waals surface area (Å²) in [6, 6.07) is 6.56. The maximum absolute atomic E-state index is 12.4. The van der Waals surface area contributed by atoms with E-state index in [-0.39, 0.29) is 5.91 Å². The zero-order valence-electron chi connectivity index (χ0n) is 11.9. The van der Waals surface area contributed by atoms with Crippen LogP contribution in [0.2, 0.25) is 0 Å². The highest BCUT2D eigenvalue weighted by molar-refractivity contribution is 5.97. The van der Waals surface area contributed by atoms with Gasteiger partial charge in [-0.15, -0.1) is 0 Å². The lowest BCUT2D eigenvalue weighted by Crippen LogP contribution is -2.47. The third-order valence-electron chi connectivity index (χ3n) is 3.68. The number of hydrogen-bond donors (Lipinski definition) is 1. The average molecular weight is 276 g/mol. The zero-order valence-corrected chi connectivity index (χ0v) is 11.9. The van der Waals surface area contributed by atoms with Gasteiger partial charge in [-0.05, 0) is 43.5 Å². The highest BCUT2D eigenvalue weighted by Gasteiger charge is 2.32. The number of anilines is 1. The molecule has 1 atom stereocenters. The molecule has 1 fully saturated rings. The number of likely N-dealkylation sites (tertiary alicyclic amines) is 1. The van der Waals surface area contributed by atoms with Crippen molar-refractivity contribution in [3.8, 4) is 0 Å². The molecule has 1 aliphatic heterocycles. The van der Waals surface area contributed by atoms with Crippen molar-refractivity contribution >= 4 is 17.6 Å². The Kier molecular flexibility index (Phi) is 4.27. The number of piperidine rings is 1. The summed E-state index contributed by atoms with van der Waals surface area (Å²) in [5.41, 5.74) is 1.55. The van der Waals surface area contributed by atoms with Crippen molar-refractivity contribution in [3.63, 3.8) is 0 Å². The van der Waals surface area contributed by atoms with Gasteiger partial charge in [0.2, 0.25) is 0 Å². The van der Waals surface area contributed by atoms with Crippen LogP contribution in [0.3, 0.4) is 0 Å². The lowest BCUT2D eigenvalue weighted by Gasteiger charge is -2.33. The van der Waals surface area contributed by atoms with Crippen LogP contribution >= 0.6 is 0 Å². The molecular weight excluding hydrogens is 256 g/mol. The number of hydrogen-bond acceptors (Lipinski definition) is 3. The number of rotatable bonds is 3. The SMILES string of the molecule is CN(C)c1ccc(C(=O)N2CCCCC2C(=O)O)cc1. The first-order chi connectivity index (χ1) is 9.50. The van der Waals surface area contributed by atoms with Crippen LogP contribution in [0.1, 0.15) is 29.6 Å². The summed E-state index contributed by atoms with van der Waals surface area (Å²) in [7, 11) is 3.86. The molecule has 0 bridgehead atoms. The van der Waals surface area contributed by atoms with Gasteiger partial charge in [0.25, 0.3) is 5.91 Å². The number of aliphatic carboxylic acids is 1. The van der Waals surface area contributed by atoms with Gasteiger partial charge in [-0.1, -0.05) is 0 Å². The Balaban J connectivity index is 2.18. The first-order valence-corrected chi connectivity index (χ1v) is 6.82. The largest absolute Gasteiger partial charge is 0.480 e. The van der Waals surface area contributed by atoms with Crippen LogP contribution < -0.4 is 4.90 Å². The number of amides is 1. The number of carboxylic acid groups (broad SMARTS) is 1. The van der Waals surface area contributed by atoms with Gasteiger partial charge >= 0.3 is 5.97 Å².